The molecule has 35 nitrogen and oxygen atoms in total. The highest BCUT2D eigenvalue weighted by molar-refractivity contribution is 6.32. The average Bonchev–Trinajstić information content (AvgIpc) is 1.67. The van der Waals surface area contributed by atoms with Gasteiger partial charge in [0.05, 0.1) is 78.4 Å². The molecule has 122 heavy (non-hydrogen) atoms. The molecule has 8 aromatic heterocycles. The first-order chi connectivity index (χ1) is 59.1. The van der Waals surface area contributed by atoms with Crippen LogP contribution in [0.5, 0.6) is 5.75 Å². The number of carbonyl (C=O) groups is 8. The predicted octanol–water partition coefficient (Wildman–Crippen LogP) is 11.2. The number of benzene rings is 4. The van der Waals surface area contributed by atoms with Crippen molar-refractivity contribution in [2.45, 2.75) is 121 Å². The minimum Gasteiger partial charge on any atom is -0.491 e. The van der Waals surface area contributed by atoms with Gasteiger partial charge in [-0.2, -0.15) is 49.0 Å². The summed E-state index contributed by atoms with van der Waals surface area (Å²) < 4.78 is 25.7. The van der Waals surface area contributed by atoms with Gasteiger partial charge in [-0.25, -0.2) is 24.3 Å². The summed E-state index contributed by atoms with van der Waals surface area (Å²) in [5.41, 5.74) is 10.1. The molecule has 37 heteroatoms. The Morgan fingerprint density at radius 2 is 0.770 bits per heavy atom. The molecule has 12 heterocycles. The molecular weight excluding hydrogens is 1580 g/mol. The summed E-state index contributed by atoms with van der Waals surface area (Å²) in [6.45, 7) is 3.97. The van der Waals surface area contributed by atoms with E-state index in [4.69, 9.17) is 26.6 Å². The smallest absolute Gasteiger partial charge is 0.254 e. The fraction of sp³-hybridized carbons (Fsp3) is 0.224. The summed E-state index contributed by atoms with van der Waals surface area (Å²) in [6.07, 6.45) is 22.1. The summed E-state index contributed by atoms with van der Waals surface area (Å²) in [5.74, 6) is 3.00. The summed E-state index contributed by atoms with van der Waals surface area (Å²) >= 11 is 6.15. The van der Waals surface area contributed by atoms with Crippen molar-refractivity contribution in [1.29, 1.82) is 10.5 Å². The van der Waals surface area contributed by atoms with Gasteiger partial charge >= 0.3 is 0 Å². The number of fused-ring (bicyclic) bond motifs is 4. The molecule has 0 unspecified atom stereocenters. The zero-order valence-electron chi connectivity index (χ0n) is 65.2. The van der Waals surface area contributed by atoms with E-state index in [1.54, 1.807) is 110 Å². The number of hydrogen-bond acceptors (Lipinski definition) is 27. The van der Waals surface area contributed by atoms with E-state index in [2.05, 4.69) is 105 Å². The van der Waals surface area contributed by atoms with Gasteiger partial charge in [-0.1, -0.05) is 29.8 Å². The number of carbonyl (C=O) groups excluding carboxylic acids is 8. The number of nitriles is 2. The van der Waals surface area contributed by atoms with E-state index < -0.39 is 17.7 Å². The van der Waals surface area contributed by atoms with Gasteiger partial charge in [0.25, 0.3) is 23.6 Å². The largest absolute Gasteiger partial charge is 0.491 e. The Balaban J connectivity index is 0.000000116. The van der Waals surface area contributed by atoms with E-state index in [0.717, 1.165) is 86.1 Å². The van der Waals surface area contributed by atoms with Crippen LogP contribution < -0.4 is 68.5 Å². The number of nitrogens with one attached hydrogen (secondary N) is 12. The highest BCUT2D eigenvalue weighted by Gasteiger charge is 2.32. The lowest BCUT2D eigenvalue weighted by molar-refractivity contribution is -0.125. The van der Waals surface area contributed by atoms with Crippen molar-refractivity contribution >= 4 is 175 Å². The van der Waals surface area contributed by atoms with Gasteiger partial charge < -0.3 is 47.3 Å². The minimum atomic E-state index is -0.401. The quantitative estimate of drug-likeness (QED) is 0.0221. The summed E-state index contributed by atoms with van der Waals surface area (Å²) in [6, 6.07) is 39.1. The lowest BCUT2D eigenvalue weighted by Gasteiger charge is -2.13. The Morgan fingerprint density at radius 1 is 0.426 bits per heavy atom. The van der Waals surface area contributed by atoms with Crippen molar-refractivity contribution in [1.82, 2.24) is 79.7 Å². The summed E-state index contributed by atoms with van der Waals surface area (Å²) in [7, 11) is 0. The van der Waals surface area contributed by atoms with E-state index in [1.165, 1.54) is 12.1 Å². The molecule has 4 aliphatic carbocycles. The van der Waals surface area contributed by atoms with Gasteiger partial charge in [-0.15, -0.1) is 0 Å². The van der Waals surface area contributed by atoms with Crippen LogP contribution in [-0.2, 0) is 38.4 Å². The predicted molar refractivity (Wildman–Crippen MR) is 451 cm³/mol. The zero-order valence-corrected chi connectivity index (χ0v) is 65.9. The Bertz CT molecular complexity index is 6550. The monoisotopic (exact) mass is 1660 g/mol. The van der Waals surface area contributed by atoms with Gasteiger partial charge in [-0.05, 0) is 156 Å². The molecule has 0 radical (unpaired) electrons. The van der Waals surface area contributed by atoms with Crippen molar-refractivity contribution in [2.75, 3.05) is 42.5 Å². The van der Waals surface area contributed by atoms with Gasteiger partial charge in [0, 0.05) is 116 Å². The highest BCUT2D eigenvalue weighted by atomic mass is 35.5. The second-order valence-corrected chi connectivity index (χ2v) is 30.6. The number of hydrogen-bond donors (Lipinski definition) is 12. The highest BCUT2D eigenvalue weighted by Crippen LogP contribution is 2.36. The van der Waals surface area contributed by atoms with Crippen molar-refractivity contribution < 1.29 is 47.5 Å². The third kappa shape index (κ3) is 18.6. The van der Waals surface area contributed by atoms with Crippen LogP contribution in [0.4, 0.5) is 73.7 Å². The van der Waals surface area contributed by atoms with Crippen LogP contribution in [0, 0.1) is 28.5 Å². The Morgan fingerprint density at radius 3 is 1.11 bits per heavy atom. The molecule has 12 aromatic rings. The maximum absolute atomic E-state index is 13.2. The van der Waals surface area contributed by atoms with Crippen LogP contribution in [-0.4, -0.2) is 136 Å². The fourth-order valence-corrected chi connectivity index (χ4v) is 13.6. The number of nitrogens with zero attached hydrogens (tertiary/aromatic N) is 14. The van der Waals surface area contributed by atoms with Gasteiger partial charge in [0.2, 0.25) is 23.6 Å². The van der Waals surface area contributed by atoms with Gasteiger partial charge in [0.1, 0.15) is 70.2 Å². The third-order valence-corrected chi connectivity index (χ3v) is 20.2. The first-order valence-corrected chi connectivity index (χ1v) is 39.6. The summed E-state index contributed by atoms with van der Waals surface area (Å²) in [4.78, 5) is 112. The second-order valence-electron chi connectivity index (χ2n) is 30.2. The maximum Gasteiger partial charge on any atom is 0.254 e. The number of halogens is 2. The molecule has 20 rings (SSSR count). The van der Waals surface area contributed by atoms with E-state index in [0.29, 0.717) is 148 Å². The molecule has 4 saturated carbocycles. The molecule has 8 fully saturated rings. The molecule has 4 saturated heterocycles. The Kier molecular flexibility index (Phi) is 21.8. The number of amides is 8. The standard InChI is InChI=1S/C23H24N6O3.C21H16ClN7O2.C21H17N7O2.C20H17FN6O2/c1-13(2)32-18-5-3-4-17(10-18)25-19-11-20(26-16-6-7-16)29-22(27-19)15(12-24-29)8-14-9-21(30)28-23(14)31;22-16-7-15(2-1-11(16)9-23)25-17-8-18(26-14-3-4-14)29-20(27-17)13(10-24-29)5-12-6-19(30)28-21(12)31;22-10-12-3-1-2-4-16(12)25-17-9-18(24-15-5-6-15)28-20(26-17)14(11-23-28)7-13-8-19(29)27-21(13)30;21-13-1-3-14(4-2-13)23-16-9-17(24-15-5-6-15)27-19(25-16)12(10-22-27)7-11-8-18(28)26-20(11)29/h3-5,8,10-13,16,26H,6-7,9H2,1-2H3,(H,25,27)(H,28,30,31);1-2,5,7-8,10,14,26H,3-4,6H2,(H,25,27)(H,28,30,31);1-4,7,9,11,15,24H,5-6,8H2,(H,25,26)(H,27,29,30);1-4,7,9-10,15,24H,5-6,8H2,(H,23,25)(H,26,28,29)/b14-8+;12-5+;13-7+;11-7+. The van der Waals surface area contributed by atoms with Crippen molar-refractivity contribution in [3.05, 3.63) is 207 Å². The van der Waals surface area contributed by atoms with Crippen LogP contribution in [0.3, 0.4) is 0 Å². The zero-order chi connectivity index (χ0) is 84.4. The third-order valence-electron chi connectivity index (χ3n) is 19.9. The second kappa shape index (κ2) is 33.7. The normalized spacial score (nSPS) is 17.3. The van der Waals surface area contributed by atoms with Crippen LogP contribution in [0.1, 0.15) is 124 Å². The average molecular weight is 1660 g/mol. The molecule has 4 aliphatic heterocycles. The van der Waals surface area contributed by atoms with Crippen LogP contribution >= 0.6 is 11.6 Å². The molecule has 8 aliphatic rings. The number of aromatic nitrogens is 12. The van der Waals surface area contributed by atoms with Crippen molar-refractivity contribution in [2.24, 2.45) is 0 Å². The molecule has 0 spiro atoms. The van der Waals surface area contributed by atoms with Crippen molar-refractivity contribution in [3.63, 3.8) is 0 Å². The molecule has 4 aromatic carbocycles. The molecular formula is C85H74ClFN26O9. The molecule has 8 amide bonds. The summed E-state index contributed by atoms with van der Waals surface area (Å²) in [5, 5.41) is 72.3. The van der Waals surface area contributed by atoms with Crippen LogP contribution in [0.15, 0.2) is 162 Å². The van der Waals surface area contributed by atoms with Crippen LogP contribution in [0.2, 0.25) is 5.02 Å². The number of anilines is 12. The first-order valence-electron chi connectivity index (χ1n) is 39.2. The van der Waals surface area contributed by atoms with Crippen LogP contribution in [0.25, 0.3) is 46.9 Å². The minimum absolute atomic E-state index is 0.0328. The lowest BCUT2D eigenvalue weighted by Crippen LogP contribution is -2.19. The molecule has 0 bridgehead atoms. The number of para-hydroxylation sites is 1. The maximum atomic E-state index is 13.2. The van der Waals surface area contributed by atoms with E-state index in [1.807, 2.05) is 80.6 Å². The Labute approximate surface area is 697 Å². The van der Waals surface area contributed by atoms with Gasteiger partial charge in [0.15, 0.2) is 22.6 Å². The fourth-order valence-electron chi connectivity index (χ4n) is 13.4. The van der Waals surface area contributed by atoms with E-state index in [9.17, 15) is 48.0 Å². The molecule has 612 valence electrons. The van der Waals surface area contributed by atoms with E-state index >= 15 is 0 Å². The number of ether oxygens (including phenoxy) is 1. The first kappa shape index (κ1) is 78.8. The number of rotatable bonds is 22. The SMILES string of the molecule is CC(C)Oc1cccc(Nc2cc(NC3CC3)n3ncc(/C=C4\CC(=O)NC4=O)c3n2)c1.N#Cc1ccc(Nc2cc(NC3CC3)n3ncc(/C=C4\CC(=O)NC4=O)c3n2)cc1Cl.N#Cc1ccccc1Nc1cc(NC2CC2)n2ncc(/C=C3\CC(=O)NC3=O)c2n1.O=C1C/C(=C\c2cnn3c(NC4CC4)cc(Nc4ccc(F)cc4)nc23)C(=O)N1. The van der Waals surface area contributed by atoms with Gasteiger partial charge in [-0.3, -0.25) is 59.6 Å². The molecule has 0 atom stereocenters. The topological polar surface area (TPSA) is 458 Å². The van der Waals surface area contributed by atoms with Crippen molar-refractivity contribution in [3.8, 4) is 17.9 Å². The van der Waals surface area contributed by atoms with E-state index in [-0.39, 0.29) is 67.1 Å². The number of imide groups is 4. The molecule has 12 N–H and O–H groups in total. The Hall–Kier alpha value is -15.7. The lowest BCUT2D eigenvalue weighted by atomic mass is 10.1.